The zero-order valence-electron chi connectivity index (χ0n) is 16.0. The van der Waals surface area contributed by atoms with Crippen LogP contribution in [-0.2, 0) is 9.31 Å². The van der Waals surface area contributed by atoms with Gasteiger partial charge >= 0.3 is 7.12 Å². The van der Waals surface area contributed by atoms with Gasteiger partial charge in [-0.1, -0.05) is 12.1 Å². The van der Waals surface area contributed by atoms with Gasteiger partial charge in [0, 0.05) is 18.1 Å². The molecule has 2 aromatic rings. The Morgan fingerprint density at radius 3 is 2.56 bits per heavy atom. The van der Waals surface area contributed by atoms with E-state index >= 15 is 0 Å². The number of fused-ring (bicyclic) bond motifs is 1. The first-order valence-corrected chi connectivity index (χ1v) is 9.28. The molecule has 0 radical (unpaired) electrons. The number of likely N-dealkylation sites (tertiary alicyclic amines) is 1. The smallest absolute Gasteiger partial charge is 0.399 e. The standard InChI is InChI=1S/C19H28BN3O2/c1-18(2)19(3,4)25-20(24-18)15-8-9-17-14(11-15)12-23(21-17)16-7-6-10-22(5)13-16/h8-9,11-12,16H,6-7,10,13H2,1-5H3/t16-/m0/s1. The molecule has 0 amide bonds. The monoisotopic (exact) mass is 341 g/mol. The Kier molecular flexibility index (Phi) is 3.98. The van der Waals surface area contributed by atoms with E-state index in [1.54, 1.807) is 0 Å². The fourth-order valence-corrected chi connectivity index (χ4v) is 3.73. The Morgan fingerprint density at radius 1 is 1.16 bits per heavy atom. The van der Waals surface area contributed by atoms with Crippen LogP contribution in [-0.4, -0.2) is 53.1 Å². The molecule has 1 aromatic heterocycles. The first-order chi connectivity index (χ1) is 11.7. The molecule has 134 valence electrons. The number of nitrogens with zero attached hydrogens (tertiary/aromatic N) is 3. The van der Waals surface area contributed by atoms with Crippen molar-refractivity contribution in [1.82, 2.24) is 14.7 Å². The average molecular weight is 341 g/mol. The molecule has 2 saturated heterocycles. The van der Waals surface area contributed by atoms with E-state index in [1.807, 2.05) is 0 Å². The third kappa shape index (κ3) is 3.00. The average Bonchev–Trinajstić information content (AvgIpc) is 3.05. The van der Waals surface area contributed by atoms with E-state index in [9.17, 15) is 0 Å². The van der Waals surface area contributed by atoms with Crippen LogP contribution in [0.25, 0.3) is 10.9 Å². The maximum absolute atomic E-state index is 6.18. The summed E-state index contributed by atoms with van der Waals surface area (Å²) < 4.78 is 14.5. The fourth-order valence-electron chi connectivity index (χ4n) is 3.73. The van der Waals surface area contributed by atoms with Gasteiger partial charge in [-0.3, -0.25) is 4.68 Å². The molecule has 2 aliphatic heterocycles. The molecule has 1 atom stereocenters. The summed E-state index contributed by atoms with van der Waals surface area (Å²) >= 11 is 0. The molecular weight excluding hydrogens is 313 g/mol. The minimum atomic E-state index is -0.321. The van der Waals surface area contributed by atoms with Gasteiger partial charge in [0.15, 0.2) is 0 Å². The summed E-state index contributed by atoms with van der Waals surface area (Å²) in [5, 5.41) is 5.96. The zero-order chi connectivity index (χ0) is 17.8. The Bertz CT molecular complexity index is 770. The first-order valence-electron chi connectivity index (χ1n) is 9.28. The molecule has 4 rings (SSSR count). The number of piperidine rings is 1. The predicted molar refractivity (Wildman–Crippen MR) is 101 cm³/mol. The Balaban J connectivity index is 1.61. The number of benzene rings is 1. The maximum atomic E-state index is 6.18. The normalized spacial score (nSPS) is 26.4. The van der Waals surface area contributed by atoms with Crippen molar-refractivity contribution in [2.24, 2.45) is 0 Å². The lowest BCUT2D eigenvalue weighted by Gasteiger charge is -2.32. The van der Waals surface area contributed by atoms with Gasteiger partial charge in [-0.2, -0.15) is 5.10 Å². The van der Waals surface area contributed by atoms with Crippen LogP contribution in [0, 0.1) is 0 Å². The third-order valence-corrected chi connectivity index (χ3v) is 6.05. The van der Waals surface area contributed by atoms with Crippen LogP contribution < -0.4 is 5.46 Å². The molecule has 6 heteroatoms. The summed E-state index contributed by atoms with van der Waals surface area (Å²) in [6.45, 7) is 10.6. The molecule has 2 aliphatic rings. The van der Waals surface area contributed by atoms with E-state index in [-0.39, 0.29) is 18.3 Å². The Labute approximate surface area is 150 Å². The van der Waals surface area contributed by atoms with Gasteiger partial charge in [0.2, 0.25) is 0 Å². The highest BCUT2D eigenvalue weighted by Crippen LogP contribution is 2.36. The summed E-state index contributed by atoms with van der Waals surface area (Å²) in [5.74, 6) is 0. The molecule has 0 aliphatic carbocycles. The van der Waals surface area contributed by atoms with Crippen LogP contribution >= 0.6 is 0 Å². The minimum absolute atomic E-state index is 0.316. The van der Waals surface area contributed by atoms with Crippen LogP contribution in [0.5, 0.6) is 0 Å². The van der Waals surface area contributed by atoms with Crippen LogP contribution in [0.1, 0.15) is 46.6 Å². The number of aromatic nitrogens is 2. The molecule has 5 nitrogen and oxygen atoms in total. The summed E-state index contributed by atoms with van der Waals surface area (Å²) in [6.07, 6.45) is 4.60. The van der Waals surface area contributed by atoms with E-state index in [4.69, 9.17) is 14.4 Å². The van der Waals surface area contributed by atoms with Crippen molar-refractivity contribution in [3.8, 4) is 0 Å². The van der Waals surface area contributed by atoms with Gasteiger partial charge < -0.3 is 14.2 Å². The highest BCUT2D eigenvalue weighted by molar-refractivity contribution is 6.62. The van der Waals surface area contributed by atoms with E-state index in [1.165, 1.54) is 19.4 Å². The van der Waals surface area contributed by atoms with Crippen LogP contribution in [0.3, 0.4) is 0 Å². The van der Waals surface area contributed by atoms with Crippen LogP contribution in [0.2, 0.25) is 0 Å². The lowest BCUT2D eigenvalue weighted by molar-refractivity contribution is 0.00578. The fraction of sp³-hybridized carbons (Fsp3) is 0.632. The van der Waals surface area contributed by atoms with E-state index < -0.39 is 0 Å². The van der Waals surface area contributed by atoms with Crippen molar-refractivity contribution in [2.75, 3.05) is 20.1 Å². The van der Waals surface area contributed by atoms with Crippen molar-refractivity contribution in [3.63, 3.8) is 0 Å². The second kappa shape index (κ2) is 5.83. The predicted octanol–water partition coefficient (Wildman–Crippen LogP) is 2.60. The number of hydrogen-bond donors (Lipinski definition) is 0. The minimum Gasteiger partial charge on any atom is -0.399 e. The van der Waals surface area contributed by atoms with E-state index in [2.05, 4.69) is 68.7 Å². The van der Waals surface area contributed by atoms with Crippen molar-refractivity contribution < 1.29 is 9.31 Å². The van der Waals surface area contributed by atoms with Gasteiger partial charge in [-0.15, -0.1) is 0 Å². The molecular formula is C19H28BN3O2. The molecule has 0 saturated carbocycles. The van der Waals surface area contributed by atoms with Gasteiger partial charge in [-0.25, -0.2) is 0 Å². The van der Waals surface area contributed by atoms with Crippen LogP contribution in [0.4, 0.5) is 0 Å². The Hall–Kier alpha value is -1.37. The number of hydrogen-bond acceptors (Lipinski definition) is 4. The van der Waals surface area contributed by atoms with Crippen molar-refractivity contribution in [3.05, 3.63) is 24.4 Å². The van der Waals surface area contributed by atoms with Gasteiger partial charge in [0.1, 0.15) is 0 Å². The highest BCUT2D eigenvalue weighted by atomic mass is 16.7. The van der Waals surface area contributed by atoms with Crippen molar-refractivity contribution >= 4 is 23.5 Å². The van der Waals surface area contributed by atoms with Crippen molar-refractivity contribution in [1.29, 1.82) is 0 Å². The van der Waals surface area contributed by atoms with Gasteiger partial charge in [-0.05, 0) is 65.7 Å². The summed E-state index contributed by atoms with van der Waals surface area (Å²) in [6, 6.07) is 6.78. The van der Waals surface area contributed by atoms with Gasteiger partial charge in [0.25, 0.3) is 0 Å². The summed E-state index contributed by atoms with van der Waals surface area (Å²) in [7, 11) is 1.87. The highest BCUT2D eigenvalue weighted by Gasteiger charge is 2.51. The quantitative estimate of drug-likeness (QED) is 0.788. The molecule has 0 bridgehead atoms. The molecule has 3 heterocycles. The lowest BCUT2D eigenvalue weighted by atomic mass is 9.79. The molecule has 0 spiro atoms. The number of rotatable bonds is 2. The van der Waals surface area contributed by atoms with Crippen LogP contribution in [0.15, 0.2) is 24.4 Å². The topological polar surface area (TPSA) is 39.5 Å². The molecule has 25 heavy (non-hydrogen) atoms. The second-order valence-corrected chi connectivity index (χ2v) is 8.57. The lowest BCUT2D eigenvalue weighted by Crippen LogP contribution is -2.41. The van der Waals surface area contributed by atoms with Gasteiger partial charge in [0.05, 0.1) is 22.8 Å². The van der Waals surface area contributed by atoms with E-state index in [0.29, 0.717) is 6.04 Å². The number of likely N-dealkylation sites (N-methyl/N-ethyl adjacent to an activating group) is 1. The first kappa shape index (κ1) is 17.1. The third-order valence-electron chi connectivity index (χ3n) is 6.05. The second-order valence-electron chi connectivity index (χ2n) is 8.57. The SMILES string of the molecule is CN1CCC[C@H](n2cc3cc(B4OC(C)(C)C(C)(C)O4)ccc3n2)C1. The van der Waals surface area contributed by atoms with Crippen molar-refractivity contribution in [2.45, 2.75) is 57.8 Å². The van der Waals surface area contributed by atoms with E-state index in [0.717, 1.165) is 22.9 Å². The molecule has 0 unspecified atom stereocenters. The Morgan fingerprint density at radius 2 is 1.88 bits per heavy atom. The summed E-state index contributed by atoms with van der Waals surface area (Å²) in [5.41, 5.74) is 1.47. The molecule has 0 N–H and O–H groups in total. The largest absolute Gasteiger partial charge is 0.494 e. The zero-order valence-corrected chi connectivity index (χ0v) is 16.0. The molecule has 2 fully saturated rings. The molecule has 1 aromatic carbocycles. The maximum Gasteiger partial charge on any atom is 0.494 e. The summed E-state index contributed by atoms with van der Waals surface area (Å²) in [4.78, 5) is 2.39.